The lowest BCUT2D eigenvalue weighted by atomic mass is 9.95. The van der Waals surface area contributed by atoms with E-state index in [0.29, 0.717) is 0 Å². The van der Waals surface area contributed by atoms with Crippen molar-refractivity contribution in [3.8, 4) is 0 Å². The van der Waals surface area contributed by atoms with Crippen LogP contribution in [-0.4, -0.2) is 46.2 Å². The van der Waals surface area contributed by atoms with Crippen LogP contribution in [0.5, 0.6) is 0 Å². The van der Waals surface area contributed by atoms with Crippen molar-refractivity contribution in [2.24, 2.45) is 0 Å². The van der Waals surface area contributed by atoms with Crippen LogP contribution in [0.2, 0.25) is 0 Å². The third-order valence-corrected chi connectivity index (χ3v) is 2.84. The summed E-state index contributed by atoms with van der Waals surface area (Å²) in [6, 6.07) is 0.136. The fraction of sp³-hybridized carbons (Fsp3) is 0.778. The summed E-state index contributed by atoms with van der Waals surface area (Å²) in [5, 5.41) is 20.1. The molecule has 0 aliphatic carbocycles. The molecule has 2 bridgehead atoms. The number of aliphatic hydroxyl groups is 2. The molecule has 0 radical (unpaired) electrons. The Balaban J connectivity index is 2.05. The Morgan fingerprint density at radius 2 is 2.38 bits per heavy atom. The van der Waals surface area contributed by atoms with Gasteiger partial charge in [0.25, 0.3) is 0 Å². The molecule has 0 aromatic carbocycles. The maximum absolute atomic E-state index is 9.49. The normalized spacial score (nSPS) is 45.1. The van der Waals surface area contributed by atoms with Crippen molar-refractivity contribution in [3.63, 3.8) is 0 Å². The quantitative estimate of drug-likeness (QED) is 0.591. The van der Waals surface area contributed by atoms with E-state index in [1.165, 1.54) is 0 Å². The Morgan fingerprint density at radius 3 is 2.92 bits per heavy atom. The number of piperidine rings is 1. The molecule has 0 aromatic heterocycles. The molecule has 0 aromatic rings. The molecular weight excluding hydrogens is 170 g/mol. The lowest BCUT2D eigenvalue weighted by Gasteiger charge is -2.29. The van der Waals surface area contributed by atoms with Crippen LogP contribution < -0.4 is 0 Å². The van der Waals surface area contributed by atoms with Gasteiger partial charge in [-0.2, -0.15) is 5.06 Å². The van der Waals surface area contributed by atoms with Crippen molar-refractivity contribution < 1.29 is 15.1 Å². The maximum atomic E-state index is 9.49. The molecule has 4 nitrogen and oxygen atoms in total. The zero-order valence-electron chi connectivity index (χ0n) is 7.47. The number of hydrogen-bond donors (Lipinski definition) is 2. The minimum atomic E-state index is -0.701. The van der Waals surface area contributed by atoms with Crippen LogP contribution >= 0.6 is 0 Å². The van der Waals surface area contributed by atoms with Crippen LogP contribution in [0, 0.1) is 0 Å². The average molecular weight is 185 g/mol. The van der Waals surface area contributed by atoms with Gasteiger partial charge in [-0.1, -0.05) is 6.08 Å². The summed E-state index contributed by atoms with van der Waals surface area (Å²) in [4.78, 5) is 5.50. The van der Waals surface area contributed by atoms with E-state index in [0.717, 1.165) is 12.8 Å². The molecule has 0 spiro atoms. The highest BCUT2D eigenvalue weighted by atomic mass is 16.7. The van der Waals surface area contributed by atoms with E-state index in [1.807, 2.05) is 6.08 Å². The van der Waals surface area contributed by atoms with Crippen LogP contribution in [-0.2, 0) is 4.84 Å². The minimum Gasteiger partial charge on any atom is -0.394 e. The maximum Gasteiger partial charge on any atom is 0.0950 e. The summed E-state index contributed by atoms with van der Waals surface area (Å²) in [5.74, 6) is 0. The van der Waals surface area contributed by atoms with Crippen molar-refractivity contribution in [1.29, 1.82) is 0 Å². The average Bonchev–Trinajstić information content (AvgIpc) is 2.74. The molecule has 74 valence electrons. The number of hydrogen-bond acceptors (Lipinski definition) is 4. The van der Waals surface area contributed by atoms with Crippen LogP contribution in [0.3, 0.4) is 0 Å². The van der Waals surface area contributed by atoms with Gasteiger partial charge in [0.15, 0.2) is 0 Å². The summed E-state index contributed by atoms with van der Waals surface area (Å²) < 4.78 is 0. The van der Waals surface area contributed by atoms with Crippen LogP contribution in [0.4, 0.5) is 0 Å². The highest BCUT2D eigenvalue weighted by Gasteiger charge is 2.47. The molecule has 0 amide bonds. The van der Waals surface area contributed by atoms with E-state index in [9.17, 15) is 5.11 Å². The molecule has 1 unspecified atom stereocenters. The molecule has 2 N–H and O–H groups in total. The van der Waals surface area contributed by atoms with Crippen LogP contribution in [0.25, 0.3) is 0 Å². The standard InChI is InChI=1S/C9H15NO3/c1-2-6-3-7-4-8(9(12)5-11)10(6)13-7/h2,6-9,11-12H,1,3-5H2/t6-,7+,8-,9-/m1/s1. The second-order valence-electron chi connectivity index (χ2n) is 3.68. The highest BCUT2D eigenvalue weighted by molar-refractivity contribution is 5.00. The Hall–Kier alpha value is -0.420. The Bertz CT molecular complexity index is 209. The van der Waals surface area contributed by atoms with Gasteiger partial charge in [-0.05, 0) is 12.8 Å². The van der Waals surface area contributed by atoms with Crippen molar-refractivity contribution in [2.75, 3.05) is 6.61 Å². The molecule has 2 rings (SSSR count). The Kier molecular flexibility index (Phi) is 2.38. The highest BCUT2D eigenvalue weighted by Crippen LogP contribution is 2.36. The second kappa shape index (κ2) is 3.38. The SMILES string of the molecule is C=C[C@@H]1C[C@H]2C[C@H]([C@H](O)CO)N1O2. The number of fused-ring (bicyclic) bond motifs is 2. The lowest BCUT2D eigenvalue weighted by molar-refractivity contribution is -0.148. The van der Waals surface area contributed by atoms with E-state index in [1.54, 1.807) is 5.06 Å². The third kappa shape index (κ3) is 1.40. The zero-order valence-corrected chi connectivity index (χ0v) is 7.47. The van der Waals surface area contributed by atoms with Crippen LogP contribution in [0.15, 0.2) is 12.7 Å². The third-order valence-electron chi connectivity index (χ3n) is 2.84. The molecular formula is C9H15NO3. The summed E-state index contributed by atoms with van der Waals surface area (Å²) in [5.41, 5.74) is 0. The summed E-state index contributed by atoms with van der Waals surface area (Å²) in [7, 11) is 0. The van der Waals surface area contributed by atoms with Gasteiger partial charge in [0.05, 0.1) is 30.9 Å². The molecule has 13 heavy (non-hydrogen) atoms. The van der Waals surface area contributed by atoms with Gasteiger partial charge in [-0.3, -0.25) is 4.84 Å². The number of rotatable bonds is 3. The monoisotopic (exact) mass is 185 g/mol. The van der Waals surface area contributed by atoms with E-state index in [4.69, 9.17) is 9.94 Å². The summed E-state index contributed by atoms with van der Waals surface area (Å²) in [6.07, 6.45) is 3.10. The van der Waals surface area contributed by atoms with Gasteiger partial charge in [-0.15, -0.1) is 6.58 Å². The first-order chi connectivity index (χ1) is 6.26. The first kappa shape index (κ1) is 9.15. The lowest BCUT2D eigenvalue weighted by Crippen LogP contribution is -2.45. The smallest absolute Gasteiger partial charge is 0.0950 e. The molecule has 5 atom stereocenters. The molecule has 2 saturated heterocycles. The van der Waals surface area contributed by atoms with Gasteiger partial charge in [0.1, 0.15) is 0 Å². The Labute approximate surface area is 77.4 Å². The molecule has 2 aliphatic heterocycles. The molecule has 4 heteroatoms. The number of aliphatic hydroxyl groups excluding tert-OH is 2. The second-order valence-corrected chi connectivity index (χ2v) is 3.68. The fourth-order valence-corrected chi connectivity index (χ4v) is 2.15. The van der Waals surface area contributed by atoms with E-state index < -0.39 is 6.10 Å². The summed E-state index contributed by atoms with van der Waals surface area (Å²) in [6.45, 7) is 3.51. The van der Waals surface area contributed by atoms with Gasteiger partial charge < -0.3 is 10.2 Å². The molecule has 2 heterocycles. The van der Waals surface area contributed by atoms with Crippen LogP contribution in [0.1, 0.15) is 12.8 Å². The largest absolute Gasteiger partial charge is 0.394 e. The van der Waals surface area contributed by atoms with E-state index in [-0.39, 0.29) is 24.8 Å². The predicted molar refractivity (Wildman–Crippen MR) is 46.8 cm³/mol. The van der Waals surface area contributed by atoms with E-state index >= 15 is 0 Å². The Morgan fingerprint density at radius 1 is 1.62 bits per heavy atom. The first-order valence-corrected chi connectivity index (χ1v) is 4.63. The first-order valence-electron chi connectivity index (χ1n) is 4.63. The topological polar surface area (TPSA) is 52.9 Å². The predicted octanol–water partition coefficient (Wildman–Crippen LogP) is -0.328. The molecule has 2 fully saturated rings. The van der Waals surface area contributed by atoms with Crippen molar-refractivity contribution >= 4 is 0 Å². The van der Waals surface area contributed by atoms with Crippen molar-refractivity contribution in [1.82, 2.24) is 5.06 Å². The summed E-state index contributed by atoms with van der Waals surface area (Å²) >= 11 is 0. The number of hydroxylamine groups is 2. The fourth-order valence-electron chi connectivity index (χ4n) is 2.15. The minimum absolute atomic E-state index is 0.0632. The van der Waals surface area contributed by atoms with E-state index in [2.05, 4.69) is 6.58 Å². The molecule has 2 aliphatic rings. The van der Waals surface area contributed by atoms with Crippen molar-refractivity contribution in [3.05, 3.63) is 12.7 Å². The van der Waals surface area contributed by atoms with Gasteiger partial charge in [0, 0.05) is 0 Å². The zero-order chi connectivity index (χ0) is 9.42. The number of nitrogens with zero attached hydrogens (tertiary/aromatic N) is 1. The van der Waals surface area contributed by atoms with Gasteiger partial charge in [0.2, 0.25) is 0 Å². The van der Waals surface area contributed by atoms with Crippen molar-refractivity contribution in [2.45, 2.75) is 37.1 Å². The van der Waals surface area contributed by atoms with Gasteiger partial charge in [-0.25, -0.2) is 0 Å². The van der Waals surface area contributed by atoms with Gasteiger partial charge >= 0.3 is 0 Å². The molecule has 0 saturated carbocycles.